The summed E-state index contributed by atoms with van der Waals surface area (Å²) < 4.78 is 1.02. The first-order valence-corrected chi connectivity index (χ1v) is 5.81. The first kappa shape index (κ1) is 11.4. The molecule has 0 amide bonds. The largest absolute Gasteiger partial charge is 0.395 e. The molecule has 2 rings (SSSR count). The molecule has 0 spiro atoms. The minimum absolute atomic E-state index is 0.126. The maximum Gasteiger partial charge on any atom is 0.142 e. The van der Waals surface area contributed by atoms with Crippen molar-refractivity contribution in [1.82, 2.24) is 15.3 Å². The fourth-order valence-corrected chi connectivity index (χ4v) is 1.79. The Labute approximate surface area is 102 Å². The highest BCUT2D eigenvalue weighted by Crippen LogP contribution is 2.17. The molecule has 0 aliphatic heterocycles. The Morgan fingerprint density at radius 3 is 3.06 bits per heavy atom. The Kier molecular flexibility index (Phi) is 3.82. The number of aliphatic hydroxyl groups is 1. The Hall–Kier alpha value is -1.04. The second kappa shape index (κ2) is 5.34. The smallest absolute Gasteiger partial charge is 0.142 e. The normalized spacial score (nSPS) is 10.9. The van der Waals surface area contributed by atoms with Crippen LogP contribution >= 0.6 is 15.9 Å². The number of aliphatic hydroxyl groups excluding tert-OH is 1. The first-order chi connectivity index (χ1) is 7.79. The fraction of sp³-hybridized carbons (Fsp3) is 0.273. The molecule has 4 nitrogen and oxygen atoms in total. The van der Waals surface area contributed by atoms with Crippen molar-refractivity contribution < 1.29 is 5.11 Å². The summed E-state index contributed by atoms with van der Waals surface area (Å²) in [4.78, 5) is 8.66. The summed E-state index contributed by atoms with van der Waals surface area (Å²) in [6.45, 7) is 1.26. The van der Waals surface area contributed by atoms with Crippen LogP contribution in [-0.4, -0.2) is 28.2 Å². The standard InChI is InChI=1S/C11H12BrN3O/c12-9-1-2-10-8(5-9)6-14-11(15-10)7-13-3-4-16/h1-2,5-6,13,16H,3-4,7H2. The molecule has 0 aliphatic rings. The molecule has 1 aromatic carbocycles. The van der Waals surface area contributed by atoms with Crippen LogP contribution in [0, 0.1) is 0 Å². The minimum Gasteiger partial charge on any atom is -0.395 e. The summed E-state index contributed by atoms with van der Waals surface area (Å²) in [5.74, 6) is 0.739. The van der Waals surface area contributed by atoms with Crippen LogP contribution in [0.4, 0.5) is 0 Å². The molecule has 0 unspecified atom stereocenters. The molecular weight excluding hydrogens is 270 g/mol. The molecule has 0 fully saturated rings. The van der Waals surface area contributed by atoms with Crippen LogP contribution < -0.4 is 5.32 Å². The van der Waals surface area contributed by atoms with Gasteiger partial charge < -0.3 is 10.4 Å². The number of benzene rings is 1. The SMILES string of the molecule is OCCNCc1ncc2cc(Br)ccc2n1. The molecule has 0 saturated heterocycles. The van der Waals surface area contributed by atoms with E-state index in [1.165, 1.54) is 0 Å². The number of nitrogens with one attached hydrogen (secondary N) is 1. The lowest BCUT2D eigenvalue weighted by Gasteiger charge is -2.03. The lowest BCUT2D eigenvalue weighted by Crippen LogP contribution is -2.19. The highest BCUT2D eigenvalue weighted by molar-refractivity contribution is 9.10. The Bertz CT molecular complexity index is 490. The predicted octanol–water partition coefficient (Wildman–Crippen LogP) is 1.47. The molecule has 5 heteroatoms. The summed E-state index contributed by atoms with van der Waals surface area (Å²) in [6.07, 6.45) is 1.81. The minimum atomic E-state index is 0.126. The Morgan fingerprint density at radius 2 is 2.25 bits per heavy atom. The van der Waals surface area contributed by atoms with E-state index in [0.29, 0.717) is 13.1 Å². The van der Waals surface area contributed by atoms with Crippen molar-refractivity contribution in [1.29, 1.82) is 0 Å². The average molecular weight is 282 g/mol. The third-order valence-electron chi connectivity index (χ3n) is 2.16. The molecule has 1 aromatic heterocycles. The number of nitrogens with zero attached hydrogens (tertiary/aromatic N) is 2. The van der Waals surface area contributed by atoms with Crippen LogP contribution in [0.5, 0.6) is 0 Å². The highest BCUT2D eigenvalue weighted by Gasteiger charge is 2.00. The van der Waals surface area contributed by atoms with Gasteiger partial charge in [-0.2, -0.15) is 0 Å². The maximum atomic E-state index is 8.64. The third kappa shape index (κ3) is 2.75. The van der Waals surface area contributed by atoms with Crippen molar-refractivity contribution in [2.24, 2.45) is 0 Å². The van der Waals surface area contributed by atoms with E-state index in [9.17, 15) is 0 Å². The second-order valence-electron chi connectivity index (χ2n) is 3.39. The summed E-state index contributed by atoms with van der Waals surface area (Å²) >= 11 is 3.41. The fourth-order valence-electron chi connectivity index (χ4n) is 1.41. The van der Waals surface area contributed by atoms with Crippen LogP contribution in [0.2, 0.25) is 0 Å². The topological polar surface area (TPSA) is 58.0 Å². The van der Waals surface area contributed by atoms with E-state index in [-0.39, 0.29) is 6.61 Å². The van der Waals surface area contributed by atoms with Crippen LogP contribution in [0.1, 0.15) is 5.82 Å². The van der Waals surface area contributed by atoms with Gasteiger partial charge in [-0.3, -0.25) is 0 Å². The van der Waals surface area contributed by atoms with Gasteiger partial charge in [-0.25, -0.2) is 9.97 Å². The number of fused-ring (bicyclic) bond motifs is 1. The first-order valence-electron chi connectivity index (χ1n) is 5.02. The van der Waals surface area contributed by atoms with Crippen molar-refractivity contribution in [2.75, 3.05) is 13.2 Å². The van der Waals surface area contributed by atoms with Crippen LogP contribution in [0.3, 0.4) is 0 Å². The quantitative estimate of drug-likeness (QED) is 0.834. The molecule has 0 bridgehead atoms. The zero-order valence-electron chi connectivity index (χ0n) is 8.65. The van der Waals surface area contributed by atoms with Crippen molar-refractivity contribution in [3.63, 3.8) is 0 Å². The van der Waals surface area contributed by atoms with Gasteiger partial charge in [0.2, 0.25) is 0 Å². The van der Waals surface area contributed by atoms with Crippen LogP contribution in [0.25, 0.3) is 10.9 Å². The molecular formula is C11H12BrN3O. The molecule has 0 saturated carbocycles. The van der Waals surface area contributed by atoms with Gasteiger partial charge in [0.15, 0.2) is 0 Å². The number of hydrogen-bond acceptors (Lipinski definition) is 4. The summed E-state index contributed by atoms with van der Waals surface area (Å²) in [7, 11) is 0. The van der Waals surface area contributed by atoms with E-state index in [0.717, 1.165) is 21.2 Å². The van der Waals surface area contributed by atoms with Crippen molar-refractivity contribution >= 4 is 26.8 Å². The van der Waals surface area contributed by atoms with Crippen LogP contribution in [0.15, 0.2) is 28.9 Å². The number of rotatable bonds is 4. The van der Waals surface area contributed by atoms with Gasteiger partial charge in [0.1, 0.15) is 5.82 Å². The number of halogens is 1. The van der Waals surface area contributed by atoms with Gasteiger partial charge >= 0.3 is 0 Å². The third-order valence-corrected chi connectivity index (χ3v) is 2.66. The summed E-state index contributed by atoms with van der Waals surface area (Å²) in [5, 5.41) is 12.7. The highest BCUT2D eigenvalue weighted by atomic mass is 79.9. The molecule has 0 radical (unpaired) electrons. The second-order valence-corrected chi connectivity index (χ2v) is 4.31. The van der Waals surface area contributed by atoms with E-state index in [4.69, 9.17) is 5.11 Å². The maximum absolute atomic E-state index is 8.64. The van der Waals surface area contributed by atoms with E-state index in [1.54, 1.807) is 0 Å². The lowest BCUT2D eigenvalue weighted by molar-refractivity contribution is 0.291. The molecule has 16 heavy (non-hydrogen) atoms. The predicted molar refractivity (Wildman–Crippen MR) is 66.0 cm³/mol. The van der Waals surface area contributed by atoms with E-state index >= 15 is 0 Å². The van der Waals surface area contributed by atoms with Gasteiger partial charge in [0, 0.05) is 22.6 Å². The number of aromatic nitrogens is 2. The van der Waals surface area contributed by atoms with E-state index in [1.807, 2.05) is 24.4 Å². The van der Waals surface area contributed by atoms with Gasteiger partial charge in [-0.1, -0.05) is 15.9 Å². The molecule has 0 aliphatic carbocycles. The van der Waals surface area contributed by atoms with Crippen molar-refractivity contribution in [3.05, 3.63) is 34.7 Å². The van der Waals surface area contributed by atoms with Gasteiger partial charge in [-0.05, 0) is 18.2 Å². The van der Waals surface area contributed by atoms with Crippen molar-refractivity contribution in [3.8, 4) is 0 Å². The van der Waals surface area contributed by atoms with Crippen molar-refractivity contribution in [2.45, 2.75) is 6.54 Å². The lowest BCUT2D eigenvalue weighted by atomic mass is 10.2. The van der Waals surface area contributed by atoms with Gasteiger partial charge in [-0.15, -0.1) is 0 Å². The molecule has 2 N–H and O–H groups in total. The number of hydrogen-bond donors (Lipinski definition) is 2. The van der Waals surface area contributed by atoms with Gasteiger partial charge in [0.25, 0.3) is 0 Å². The van der Waals surface area contributed by atoms with Gasteiger partial charge in [0.05, 0.1) is 18.7 Å². The molecule has 1 heterocycles. The zero-order valence-corrected chi connectivity index (χ0v) is 10.2. The molecule has 2 aromatic rings. The average Bonchev–Trinajstić information content (AvgIpc) is 2.29. The Morgan fingerprint density at radius 1 is 1.38 bits per heavy atom. The molecule has 84 valence electrons. The molecule has 0 atom stereocenters. The summed E-state index contributed by atoms with van der Waals surface area (Å²) in [5.41, 5.74) is 0.930. The van der Waals surface area contributed by atoms with E-state index < -0.39 is 0 Å². The van der Waals surface area contributed by atoms with E-state index in [2.05, 4.69) is 31.2 Å². The monoisotopic (exact) mass is 281 g/mol. The zero-order chi connectivity index (χ0) is 11.4. The Balaban J connectivity index is 2.20. The summed E-state index contributed by atoms with van der Waals surface area (Å²) in [6, 6.07) is 5.90. The van der Waals surface area contributed by atoms with Crippen LogP contribution in [-0.2, 0) is 6.54 Å².